The average molecular weight is 353 g/mol. The van der Waals surface area contributed by atoms with Crippen LogP contribution in [0.1, 0.15) is 31.7 Å². The maximum absolute atomic E-state index is 4.39. The van der Waals surface area contributed by atoms with E-state index in [4.69, 9.17) is 0 Å². The fourth-order valence-corrected chi connectivity index (χ4v) is 4.95. The Morgan fingerprint density at radius 2 is 1.95 bits per heavy atom. The van der Waals surface area contributed by atoms with Gasteiger partial charge in [0.15, 0.2) is 0 Å². The summed E-state index contributed by atoms with van der Waals surface area (Å²) >= 11 is 5.21. The first-order valence-corrected chi connectivity index (χ1v) is 8.71. The van der Waals surface area contributed by atoms with E-state index in [0.717, 1.165) is 21.6 Å². The van der Waals surface area contributed by atoms with Crippen LogP contribution in [0.5, 0.6) is 0 Å². The second-order valence-electron chi connectivity index (χ2n) is 5.86. The van der Waals surface area contributed by atoms with Crippen LogP contribution < -0.4 is 0 Å². The highest BCUT2D eigenvalue weighted by Gasteiger charge is 2.39. The zero-order chi connectivity index (χ0) is 13.7. The first kappa shape index (κ1) is 13.0. The topological polar surface area (TPSA) is 34.0 Å². The molecule has 2 aromatic rings. The number of rotatable bonds is 2. The summed E-state index contributed by atoms with van der Waals surface area (Å²) < 4.78 is 3.24. The van der Waals surface area contributed by atoms with Gasteiger partial charge >= 0.3 is 0 Å². The van der Waals surface area contributed by atoms with Crippen molar-refractivity contribution < 1.29 is 0 Å². The molecule has 106 valence electrons. The minimum atomic E-state index is 0.522. The summed E-state index contributed by atoms with van der Waals surface area (Å²) in [6, 6.07) is 6.16. The second kappa shape index (κ2) is 4.93. The molecule has 4 nitrogen and oxygen atoms in total. The Balaban J connectivity index is 1.57. The van der Waals surface area contributed by atoms with Crippen LogP contribution in [0.2, 0.25) is 0 Å². The summed E-state index contributed by atoms with van der Waals surface area (Å²) in [5.74, 6) is 0. The Kier molecular flexibility index (Phi) is 3.20. The zero-order valence-electron chi connectivity index (χ0n) is 11.4. The van der Waals surface area contributed by atoms with Gasteiger partial charge in [0.1, 0.15) is 5.69 Å². The van der Waals surface area contributed by atoms with Crippen molar-refractivity contribution in [1.29, 1.82) is 0 Å². The quantitative estimate of drug-likeness (QED) is 0.828. The summed E-state index contributed by atoms with van der Waals surface area (Å²) in [4.78, 5) is 3.74. The van der Waals surface area contributed by atoms with Crippen LogP contribution in [0.25, 0.3) is 10.6 Å². The first-order valence-electron chi connectivity index (χ1n) is 7.10. The standard InChI is InChI=1S/C14H17BrN4S/c1-18-9-2-3-10(18)7-11(6-9)19-8-12(16-17-19)13-4-5-14(15)20-13/h4-5,8-11H,2-3,6-7H2,1H3. The molecule has 20 heavy (non-hydrogen) atoms. The number of halogens is 1. The Morgan fingerprint density at radius 1 is 1.20 bits per heavy atom. The third-order valence-corrected chi connectivity index (χ3v) is 6.43. The lowest BCUT2D eigenvalue weighted by molar-refractivity contribution is 0.130. The molecule has 0 radical (unpaired) electrons. The van der Waals surface area contributed by atoms with Crippen LogP contribution in [0.4, 0.5) is 0 Å². The summed E-state index contributed by atoms with van der Waals surface area (Å²) in [5, 5.41) is 8.74. The molecule has 0 aliphatic carbocycles. The highest BCUT2D eigenvalue weighted by atomic mass is 79.9. The molecule has 4 heterocycles. The van der Waals surface area contributed by atoms with Crippen LogP contribution in [0.3, 0.4) is 0 Å². The molecular formula is C14H17BrN4S. The number of hydrogen-bond acceptors (Lipinski definition) is 4. The van der Waals surface area contributed by atoms with Crippen molar-refractivity contribution in [2.75, 3.05) is 7.05 Å². The molecule has 0 N–H and O–H groups in total. The summed E-state index contributed by atoms with van der Waals surface area (Å²) in [6.45, 7) is 0. The molecule has 0 amide bonds. The van der Waals surface area contributed by atoms with E-state index in [-0.39, 0.29) is 0 Å². The van der Waals surface area contributed by atoms with E-state index >= 15 is 0 Å². The van der Waals surface area contributed by atoms with Crippen LogP contribution >= 0.6 is 27.3 Å². The van der Waals surface area contributed by atoms with Crippen molar-refractivity contribution in [3.8, 4) is 10.6 Å². The normalized spacial score (nSPS) is 30.0. The van der Waals surface area contributed by atoms with Crippen molar-refractivity contribution in [2.24, 2.45) is 0 Å². The second-order valence-corrected chi connectivity index (χ2v) is 8.33. The van der Waals surface area contributed by atoms with E-state index < -0.39 is 0 Å². The van der Waals surface area contributed by atoms with Gasteiger partial charge in [-0.05, 0) is 60.8 Å². The Labute approximate surface area is 130 Å². The van der Waals surface area contributed by atoms with E-state index in [9.17, 15) is 0 Å². The predicted octanol–water partition coefficient (Wildman–Crippen LogP) is 3.57. The molecule has 2 atom stereocenters. The molecule has 2 aliphatic heterocycles. The van der Waals surface area contributed by atoms with E-state index in [1.807, 2.05) is 0 Å². The molecule has 0 spiro atoms. The SMILES string of the molecule is CN1C2CCC1CC(n1cc(-c3ccc(Br)s3)nn1)C2. The molecule has 2 bridgehead atoms. The molecular weight excluding hydrogens is 336 g/mol. The minimum absolute atomic E-state index is 0.522. The fraction of sp³-hybridized carbons (Fsp3) is 0.571. The van der Waals surface area contributed by atoms with Crippen molar-refractivity contribution in [3.05, 3.63) is 22.1 Å². The van der Waals surface area contributed by atoms with Crippen LogP contribution in [0, 0.1) is 0 Å². The van der Waals surface area contributed by atoms with Gasteiger partial charge in [0.05, 0.1) is 20.9 Å². The van der Waals surface area contributed by atoms with Crippen molar-refractivity contribution in [1.82, 2.24) is 19.9 Å². The smallest absolute Gasteiger partial charge is 0.123 e. The van der Waals surface area contributed by atoms with Crippen molar-refractivity contribution in [2.45, 2.75) is 43.8 Å². The molecule has 0 aromatic carbocycles. The van der Waals surface area contributed by atoms with Crippen LogP contribution in [-0.4, -0.2) is 39.0 Å². The van der Waals surface area contributed by atoms with Gasteiger partial charge in [-0.15, -0.1) is 16.4 Å². The Hall–Kier alpha value is -0.720. The summed E-state index contributed by atoms with van der Waals surface area (Å²) in [5.41, 5.74) is 0.993. The van der Waals surface area contributed by atoms with Gasteiger partial charge in [0.2, 0.25) is 0 Å². The number of piperidine rings is 1. The van der Waals surface area contributed by atoms with Gasteiger partial charge in [-0.3, -0.25) is 0 Å². The first-order chi connectivity index (χ1) is 9.70. The molecule has 6 heteroatoms. The predicted molar refractivity (Wildman–Crippen MR) is 83.9 cm³/mol. The maximum atomic E-state index is 4.39. The van der Waals surface area contributed by atoms with Crippen LogP contribution in [0.15, 0.2) is 22.1 Å². The van der Waals surface area contributed by atoms with E-state index in [1.165, 1.54) is 30.6 Å². The van der Waals surface area contributed by atoms with Gasteiger partial charge in [0.25, 0.3) is 0 Å². The molecule has 2 fully saturated rings. The largest absolute Gasteiger partial charge is 0.300 e. The molecule has 2 aliphatic rings. The van der Waals surface area contributed by atoms with E-state index in [0.29, 0.717) is 6.04 Å². The van der Waals surface area contributed by atoms with Gasteiger partial charge in [-0.1, -0.05) is 5.21 Å². The third-order valence-electron chi connectivity index (χ3n) is 4.78. The number of fused-ring (bicyclic) bond motifs is 2. The molecule has 2 saturated heterocycles. The Bertz CT molecular complexity index is 608. The van der Waals surface area contributed by atoms with E-state index in [1.54, 1.807) is 11.3 Å². The fourth-order valence-electron chi connectivity index (χ4n) is 3.62. The van der Waals surface area contributed by atoms with Gasteiger partial charge in [-0.25, -0.2) is 4.68 Å². The number of aromatic nitrogens is 3. The number of thiophene rings is 1. The molecule has 0 saturated carbocycles. The third kappa shape index (κ3) is 2.14. The molecule has 2 aromatic heterocycles. The minimum Gasteiger partial charge on any atom is -0.300 e. The molecule has 2 unspecified atom stereocenters. The monoisotopic (exact) mass is 352 g/mol. The van der Waals surface area contributed by atoms with Gasteiger partial charge in [0, 0.05) is 12.1 Å². The maximum Gasteiger partial charge on any atom is 0.123 e. The lowest BCUT2D eigenvalue weighted by Gasteiger charge is -2.36. The van der Waals surface area contributed by atoms with Crippen LogP contribution in [-0.2, 0) is 0 Å². The highest BCUT2D eigenvalue weighted by Crippen LogP contribution is 2.39. The number of hydrogen-bond donors (Lipinski definition) is 0. The lowest BCUT2D eigenvalue weighted by Crippen LogP contribution is -2.40. The van der Waals surface area contributed by atoms with E-state index in [2.05, 4.69) is 61.2 Å². The Morgan fingerprint density at radius 3 is 2.60 bits per heavy atom. The van der Waals surface area contributed by atoms with Crippen molar-refractivity contribution in [3.63, 3.8) is 0 Å². The summed E-state index contributed by atoms with van der Waals surface area (Å²) in [6.07, 6.45) is 7.23. The molecule has 4 rings (SSSR count). The summed E-state index contributed by atoms with van der Waals surface area (Å²) in [7, 11) is 2.27. The van der Waals surface area contributed by atoms with Gasteiger partial charge in [-0.2, -0.15) is 0 Å². The van der Waals surface area contributed by atoms with Crippen molar-refractivity contribution >= 4 is 27.3 Å². The highest BCUT2D eigenvalue weighted by molar-refractivity contribution is 9.11. The lowest BCUT2D eigenvalue weighted by atomic mass is 9.98. The number of nitrogens with zero attached hydrogens (tertiary/aromatic N) is 4. The van der Waals surface area contributed by atoms with Gasteiger partial charge < -0.3 is 4.90 Å². The average Bonchev–Trinajstić information content (AvgIpc) is 3.10. The zero-order valence-corrected chi connectivity index (χ0v) is 13.8.